The van der Waals surface area contributed by atoms with Crippen molar-refractivity contribution in [1.82, 2.24) is 14.6 Å². The lowest BCUT2D eigenvalue weighted by Crippen LogP contribution is -2.45. The van der Waals surface area contributed by atoms with Gasteiger partial charge in [0.2, 0.25) is 0 Å². The lowest BCUT2D eigenvalue weighted by molar-refractivity contribution is 0.145. The zero-order valence-electron chi connectivity index (χ0n) is 12.6. The number of aromatic nitrogens is 3. The van der Waals surface area contributed by atoms with Crippen molar-refractivity contribution in [3.63, 3.8) is 0 Å². The first kappa shape index (κ1) is 16.8. The van der Waals surface area contributed by atoms with Crippen LogP contribution in [-0.2, 0) is 11.8 Å². The number of nitrogens with zero attached hydrogens (tertiary/aromatic N) is 3. The Morgan fingerprint density at radius 2 is 2.04 bits per heavy atom. The van der Waals surface area contributed by atoms with Gasteiger partial charge in [-0.1, -0.05) is 0 Å². The minimum atomic E-state index is -0.295. The monoisotopic (exact) mass is 357 g/mol. The third-order valence-electron chi connectivity index (χ3n) is 5.44. The van der Waals surface area contributed by atoms with Gasteiger partial charge in [0, 0.05) is 35.5 Å². The maximum atomic E-state index is 10.4. The third kappa shape index (κ3) is 2.23. The number of hydrogen-bond acceptors (Lipinski definition) is 5. The van der Waals surface area contributed by atoms with Crippen LogP contribution in [0.5, 0.6) is 0 Å². The summed E-state index contributed by atoms with van der Waals surface area (Å²) in [5, 5.41) is 18.4. The summed E-state index contributed by atoms with van der Waals surface area (Å²) in [6.45, 7) is 0. The quantitative estimate of drug-likeness (QED) is 0.756. The Labute approximate surface area is 146 Å². The van der Waals surface area contributed by atoms with Crippen LogP contribution in [0.25, 0.3) is 5.65 Å². The molecular weight excluding hydrogens is 337 g/mol. The Morgan fingerprint density at radius 1 is 1.30 bits per heavy atom. The normalized spacial score (nSPS) is 29.4. The predicted molar refractivity (Wildman–Crippen MR) is 92.7 cm³/mol. The highest BCUT2D eigenvalue weighted by molar-refractivity contribution is 5.85. The van der Waals surface area contributed by atoms with Crippen LogP contribution in [0, 0.1) is 0 Å². The summed E-state index contributed by atoms with van der Waals surface area (Å²) < 4.78 is 1.87. The fourth-order valence-corrected chi connectivity index (χ4v) is 3.95. The Balaban J connectivity index is 0.000000781. The van der Waals surface area contributed by atoms with Gasteiger partial charge in [-0.3, -0.25) is 0 Å². The van der Waals surface area contributed by atoms with Crippen LogP contribution in [0.3, 0.4) is 0 Å². The van der Waals surface area contributed by atoms with E-state index >= 15 is 0 Å². The Morgan fingerprint density at radius 3 is 2.70 bits per heavy atom. The first-order valence-corrected chi connectivity index (χ1v) is 7.75. The van der Waals surface area contributed by atoms with Crippen molar-refractivity contribution in [2.45, 2.75) is 55.7 Å². The number of anilines is 1. The van der Waals surface area contributed by atoms with E-state index in [0.717, 1.165) is 48.4 Å². The second-order valence-electron chi connectivity index (χ2n) is 6.84. The zero-order valence-corrected chi connectivity index (χ0v) is 14.2. The summed E-state index contributed by atoms with van der Waals surface area (Å²) in [5.74, 6) is 1.01. The molecule has 0 bridgehead atoms. The molecule has 2 heterocycles. The van der Waals surface area contributed by atoms with Crippen LogP contribution in [0.4, 0.5) is 5.82 Å². The molecule has 23 heavy (non-hydrogen) atoms. The molecule has 0 amide bonds. The molecule has 0 radical (unpaired) electrons. The second kappa shape index (κ2) is 5.48. The Kier molecular flexibility index (Phi) is 3.99. The number of aliphatic hydroxyl groups excluding tert-OH is 1. The molecule has 2 saturated carbocycles. The van der Waals surface area contributed by atoms with Gasteiger partial charge in [-0.2, -0.15) is 9.61 Å². The molecule has 4 N–H and O–H groups in total. The molecule has 3 aliphatic rings. The van der Waals surface area contributed by atoms with Crippen molar-refractivity contribution in [2.24, 2.45) is 5.73 Å². The molecule has 2 aromatic rings. The molecular formula is C15H21Cl2N5O. The van der Waals surface area contributed by atoms with Crippen molar-refractivity contribution in [3.8, 4) is 0 Å². The average molecular weight is 358 g/mol. The van der Waals surface area contributed by atoms with Gasteiger partial charge in [-0.05, 0) is 25.7 Å². The molecule has 1 atom stereocenters. The van der Waals surface area contributed by atoms with Crippen LogP contribution < -0.4 is 11.1 Å². The number of fused-ring (bicyclic) bond motifs is 3. The van der Waals surface area contributed by atoms with E-state index in [9.17, 15) is 5.11 Å². The molecule has 6 nitrogen and oxygen atoms in total. The molecule has 1 unspecified atom stereocenters. The summed E-state index contributed by atoms with van der Waals surface area (Å²) in [6.07, 6.45) is 6.25. The molecule has 1 spiro atoms. The Bertz CT molecular complexity index is 739. The van der Waals surface area contributed by atoms with Gasteiger partial charge in [0.1, 0.15) is 5.82 Å². The molecule has 2 fully saturated rings. The van der Waals surface area contributed by atoms with Crippen LogP contribution in [-0.4, -0.2) is 37.9 Å². The van der Waals surface area contributed by atoms with Crippen molar-refractivity contribution in [1.29, 1.82) is 0 Å². The smallest absolute Gasteiger partial charge is 0.157 e. The zero-order chi connectivity index (χ0) is 14.2. The highest BCUT2D eigenvalue weighted by Gasteiger charge is 2.57. The van der Waals surface area contributed by atoms with Crippen LogP contribution in [0.2, 0.25) is 0 Å². The SMILES string of the molecule is Cl.Cl.NC1CC(Nc2c3c(nc4ccnn24)C2(CC2)C(O)C3)C1. The van der Waals surface area contributed by atoms with Crippen molar-refractivity contribution in [3.05, 3.63) is 23.5 Å². The van der Waals surface area contributed by atoms with E-state index in [-0.39, 0.29) is 36.3 Å². The molecule has 0 aliphatic heterocycles. The van der Waals surface area contributed by atoms with E-state index in [1.165, 1.54) is 0 Å². The van der Waals surface area contributed by atoms with Crippen LogP contribution in [0.15, 0.2) is 12.3 Å². The minimum absolute atomic E-state index is 0. The fourth-order valence-electron chi connectivity index (χ4n) is 3.95. The molecule has 3 aliphatic carbocycles. The summed E-state index contributed by atoms with van der Waals surface area (Å²) in [5.41, 5.74) is 8.92. The third-order valence-corrected chi connectivity index (χ3v) is 5.44. The van der Waals surface area contributed by atoms with E-state index in [1.54, 1.807) is 6.20 Å². The Hall–Kier alpha value is -1.08. The van der Waals surface area contributed by atoms with E-state index in [0.29, 0.717) is 18.5 Å². The van der Waals surface area contributed by atoms with Gasteiger partial charge >= 0.3 is 0 Å². The van der Waals surface area contributed by atoms with Crippen LogP contribution in [0.1, 0.15) is 36.9 Å². The minimum Gasteiger partial charge on any atom is -0.392 e. The highest BCUT2D eigenvalue weighted by atomic mass is 35.5. The molecule has 8 heteroatoms. The molecule has 0 saturated heterocycles. The fraction of sp³-hybridized carbons (Fsp3) is 0.600. The highest BCUT2D eigenvalue weighted by Crippen LogP contribution is 2.57. The van der Waals surface area contributed by atoms with Crippen LogP contribution >= 0.6 is 24.8 Å². The first-order valence-electron chi connectivity index (χ1n) is 7.75. The number of nitrogens with two attached hydrogens (primary N) is 1. The maximum Gasteiger partial charge on any atom is 0.157 e. The van der Waals surface area contributed by atoms with Crippen molar-refractivity contribution in [2.75, 3.05) is 5.32 Å². The van der Waals surface area contributed by atoms with E-state index in [4.69, 9.17) is 10.7 Å². The molecule has 126 valence electrons. The molecule has 0 aromatic carbocycles. The first-order chi connectivity index (χ1) is 10.2. The molecule has 5 rings (SSSR count). The maximum absolute atomic E-state index is 10.4. The number of aliphatic hydroxyl groups is 1. The van der Waals surface area contributed by atoms with Gasteiger partial charge in [0.05, 0.1) is 18.0 Å². The number of hydrogen-bond donors (Lipinski definition) is 3. The van der Waals surface area contributed by atoms with Crippen molar-refractivity contribution >= 4 is 36.3 Å². The second-order valence-corrected chi connectivity index (χ2v) is 6.84. The number of nitrogens with one attached hydrogen (secondary N) is 1. The number of halogens is 2. The topological polar surface area (TPSA) is 88.5 Å². The average Bonchev–Trinajstić information content (AvgIpc) is 3.02. The van der Waals surface area contributed by atoms with Gasteiger partial charge in [0.15, 0.2) is 5.65 Å². The summed E-state index contributed by atoms with van der Waals surface area (Å²) in [6, 6.07) is 2.65. The van der Waals surface area contributed by atoms with Gasteiger partial charge in [-0.25, -0.2) is 4.98 Å². The molecule has 2 aromatic heterocycles. The van der Waals surface area contributed by atoms with Gasteiger partial charge in [-0.15, -0.1) is 24.8 Å². The summed E-state index contributed by atoms with van der Waals surface area (Å²) in [4.78, 5) is 4.78. The number of rotatable bonds is 2. The van der Waals surface area contributed by atoms with E-state index in [1.807, 2.05) is 10.6 Å². The lowest BCUT2D eigenvalue weighted by atomic mass is 9.87. The standard InChI is InChI=1S/C15H19N5O.2ClH/c16-8-5-9(6-8)18-14-10-7-11(21)15(2-3-15)13(10)19-12-1-4-17-20(12)14;;/h1,4,8-9,11,18,21H,2-3,5-7,16H2;2*1H. The van der Waals surface area contributed by atoms with E-state index in [2.05, 4.69) is 10.4 Å². The van der Waals surface area contributed by atoms with Crippen molar-refractivity contribution < 1.29 is 5.11 Å². The van der Waals surface area contributed by atoms with Gasteiger partial charge < -0.3 is 16.2 Å². The summed E-state index contributed by atoms with van der Waals surface area (Å²) in [7, 11) is 0. The van der Waals surface area contributed by atoms with E-state index < -0.39 is 0 Å². The largest absolute Gasteiger partial charge is 0.392 e. The van der Waals surface area contributed by atoms with Gasteiger partial charge in [0.25, 0.3) is 0 Å². The predicted octanol–water partition coefficient (Wildman–Crippen LogP) is 1.42. The summed E-state index contributed by atoms with van der Waals surface area (Å²) >= 11 is 0. The lowest BCUT2D eigenvalue weighted by Gasteiger charge is -2.34.